The number of carbonyl (C=O) groups is 1. The molecule has 0 aliphatic carbocycles. The average Bonchev–Trinajstić information content (AvgIpc) is 2.76. The van der Waals surface area contributed by atoms with Crippen molar-refractivity contribution in [3.63, 3.8) is 0 Å². The quantitative estimate of drug-likeness (QED) is 0.653. The lowest BCUT2D eigenvalue weighted by Crippen LogP contribution is -2.40. The highest BCUT2D eigenvalue weighted by molar-refractivity contribution is 5.92. The number of nitrogens with zero attached hydrogens (tertiary/aromatic N) is 3. The number of likely N-dealkylation sites (tertiary alicyclic amines) is 1. The zero-order chi connectivity index (χ0) is 20.9. The minimum atomic E-state index is -0.369. The van der Waals surface area contributed by atoms with Crippen molar-refractivity contribution in [3.8, 4) is 0 Å². The molecule has 1 aliphatic heterocycles. The van der Waals surface area contributed by atoms with E-state index in [4.69, 9.17) is 0 Å². The Morgan fingerprint density at radius 2 is 1.70 bits per heavy atom. The summed E-state index contributed by atoms with van der Waals surface area (Å²) < 4.78 is 14.6. The van der Waals surface area contributed by atoms with Gasteiger partial charge in [0.15, 0.2) is 0 Å². The SMILES string of the molecule is O=C(c1ccc(=O)n(Cc2cccc(F)c2)n1)N1CCC(Cc2ccccc2)CC1. The topological polar surface area (TPSA) is 55.2 Å². The lowest BCUT2D eigenvalue weighted by molar-refractivity contribution is 0.0681. The van der Waals surface area contributed by atoms with Crippen molar-refractivity contribution in [3.05, 3.63) is 99.7 Å². The van der Waals surface area contributed by atoms with Crippen LogP contribution in [0.25, 0.3) is 0 Å². The van der Waals surface area contributed by atoms with E-state index >= 15 is 0 Å². The van der Waals surface area contributed by atoms with Gasteiger partial charge in [-0.3, -0.25) is 9.59 Å². The van der Waals surface area contributed by atoms with Crippen molar-refractivity contribution in [2.45, 2.75) is 25.8 Å². The molecule has 1 aliphatic rings. The molecule has 0 saturated carbocycles. The molecular formula is C24H24FN3O2. The van der Waals surface area contributed by atoms with Crippen molar-refractivity contribution in [1.29, 1.82) is 0 Å². The third-order valence-electron chi connectivity index (χ3n) is 5.58. The van der Waals surface area contributed by atoms with Crippen LogP contribution in [0, 0.1) is 11.7 Å². The molecule has 1 fully saturated rings. The lowest BCUT2D eigenvalue weighted by atomic mass is 9.90. The van der Waals surface area contributed by atoms with Crippen LogP contribution in [0.2, 0.25) is 0 Å². The van der Waals surface area contributed by atoms with Crippen LogP contribution in [0.15, 0.2) is 71.5 Å². The second kappa shape index (κ2) is 9.03. The molecule has 0 radical (unpaired) electrons. The Bertz CT molecular complexity index is 1070. The number of hydrogen-bond donors (Lipinski definition) is 0. The number of amides is 1. The smallest absolute Gasteiger partial charge is 0.274 e. The third kappa shape index (κ3) is 4.82. The predicted octanol–water partition coefficient (Wildman–Crippen LogP) is 3.53. The summed E-state index contributed by atoms with van der Waals surface area (Å²) in [6, 6.07) is 19.3. The standard InChI is InChI=1S/C24H24FN3O2/c25-21-8-4-7-20(16-21)17-28-23(29)10-9-22(26-28)24(30)27-13-11-19(12-14-27)15-18-5-2-1-3-6-18/h1-10,16,19H,11-15,17H2. The molecule has 0 bridgehead atoms. The molecule has 6 heteroatoms. The van der Waals surface area contributed by atoms with E-state index in [1.165, 1.54) is 34.5 Å². The van der Waals surface area contributed by atoms with Gasteiger partial charge in [-0.1, -0.05) is 42.5 Å². The van der Waals surface area contributed by atoms with E-state index in [1.54, 1.807) is 17.0 Å². The van der Waals surface area contributed by atoms with Crippen LogP contribution in [0.5, 0.6) is 0 Å². The molecule has 154 valence electrons. The van der Waals surface area contributed by atoms with E-state index in [2.05, 4.69) is 29.4 Å². The van der Waals surface area contributed by atoms with Gasteiger partial charge in [-0.15, -0.1) is 0 Å². The largest absolute Gasteiger partial charge is 0.337 e. The molecule has 1 aromatic heterocycles. The maximum absolute atomic E-state index is 13.4. The van der Waals surface area contributed by atoms with Crippen molar-refractivity contribution < 1.29 is 9.18 Å². The molecular weight excluding hydrogens is 381 g/mol. The van der Waals surface area contributed by atoms with Gasteiger partial charge < -0.3 is 4.90 Å². The Hall–Kier alpha value is -3.28. The first kappa shape index (κ1) is 20.0. The van der Waals surface area contributed by atoms with Crippen LogP contribution >= 0.6 is 0 Å². The highest BCUT2D eigenvalue weighted by Gasteiger charge is 2.25. The summed E-state index contributed by atoms with van der Waals surface area (Å²) in [5.74, 6) is 0.0265. The summed E-state index contributed by atoms with van der Waals surface area (Å²) in [4.78, 5) is 26.9. The van der Waals surface area contributed by atoms with Gasteiger partial charge in [0.2, 0.25) is 0 Å². The maximum atomic E-state index is 13.4. The fourth-order valence-corrected chi connectivity index (χ4v) is 3.93. The number of aromatic nitrogens is 2. The molecule has 1 saturated heterocycles. The summed E-state index contributed by atoms with van der Waals surface area (Å²) in [7, 11) is 0. The Morgan fingerprint density at radius 1 is 0.967 bits per heavy atom. The molecule has 0 N–H and O–H groups in total. The first-order valence-electron chi connectivity index (χ1n) is 10.2. The molecule has 30 heavy (non-hydrogen) atoms. The molecule has 2 heterocycles. The van der Waals surface area contributed by atoms with E-state index < -0.39 is 0 Å². The van der Waals surface area contributed by atoms with Crippen molar-refractivity contribution in [2.75, 3.05) is 13.1 Å². The first-order chi connectivity index (χ1) is 14.6. The molecule has 2 aromatic carbocycles. The van der Waals surface area contributed by atoms with Crippen LogP contribution in [0.1, 0.15) is 34.5 Å². The maximum Gasteiger partial charge on any atom is 0.274 e. The summed E-state index contributed by atoms with van der Waals surface area (Å²) in [5.41, 5.74) is 1.87. The van der Waals surface area contributed by atoms with Gasteiger partial charge in [0.25, 0.3) is 11.5 Å². The fraction of sp³-hybridized carbons (Fsp3) is 0.292. The molecule has 4 rings (SSSR count). The molecule has 5 nitrogen and oxygen atoms in total. The third-order valence-corrected chi connectivity index (χ3v) is 5.58. The molecule has 1 amide bonds. The van der Waals surface area contributed by atoms with Crippen LogP contribution in [-0.4, -0.2) is 33.7 Å². The molecule has 3 aromatic rings. The summed E-state index contributed by atoms with van der Waals surface area (Å²) in [6.45, 7) is 1.49. The minimum absolute atomic E-state index is 0.122. The van der Waals surface area contributed by atoms with E-state index in [0.717, 1.165) is 19.3 Å². The Balaban J connectivity index is 1.41. The highest BCUT2D eigenvalue weighted by atomic mass is 19.1. The van der Waals surface area contributed by atoms with Crippen molar-refractivity contribution >= 4 is 5.91 Å². The Labute approximate surface area is 174 Å². The van der Waals surface area contributed by atoms with E-state index in [1.807, 2.05) is 6.07 Å². The number of hydrogen-bond acceptors (Lipinski definition) is 3. The number of carbonyl (C=O) groups excluding carboxylic acids is 1. The van der Waals surface area contributed by atoms with Crippen molar-refractivity contribution in [2.24, 2.45) is 5.92 Å². The lowest BCUT2D eigenvalue weighted by Gasteiger charge is -2.32. The number of rotatable bonds is 5. The van der Waals surface area contributed by atoms with Gasteiger partial charge >= 0.3 is 0 Å². The molecule has 0 unspecified atom stereocenters. The second-order valence-corrected chi connectivity index (χ2v) is 7.77. The van der Waals surface area contributed by atoms with Crippen LogP contribution in [-0.2, 0) is 13.0 Å². The summed E-state index contributed by atoms with van der Waals surface area (Å²) >= 11 is 0. The number of halogens is 1. The minimum Gasteiger partial charge on any atom is -0.337 e. The Morgan fingerprint density at radius 3 is 2.43 bits per heavy atom. The van der Waals surface area contributed by atoms with Crippen LogP contribution in [0.3, 0.4) is 0 Å². The van der Waals surface area contributed by atoms with E-state index in [0.29, 0.717) is 24.6 Å². The van der Waals surface area contributed by atoms with Gasteiger partial charge in [-0.2, -0.15) is 5.10 Å². The summed E-state index contributed by atoms with van der Waals surface area (Å²) in [5, 5.41) is 4.25. The zero-order valence-electron chi connectivity index (χ0n) is 16.7. The van der Waals surface area contributed by atoms with Crippen LogP contribution < -0.4 is 5.56 Å². The normalized spacial score (nSPS) is 14.6. The van der Waals surface area contributed by atoms with E-state index in [9.17, 15) is 14.0 Å². The van der Waals surface area contributed by atoms with E-state index in [-0.39, 0.29) is 29.5 Å². The molecule has 0 spiro atoms. The fourth-order valence-electron chi connectivity index (χ4n) is 3.93. The van der Waals surface area contributed by atoms with Crippen LogP contribution in [0.4, 0.5) is 4.39 Å². The van der Waals surface area contributed by atoms with Crippen molar-refractivity contribution in [1.82, 2.24) is 14.7 Å². The number of piperidine rings is 1. The average molecular weight is 405 g/mol. The Kier molecular flexibility index (Phi) is 6.02. The monoisotopic (exact) mass is 405 g/mol. The highest BCUT2D eigenvalue weighted by Crippen LogP contribution is 2.22. The second-order valence-electron chi connectivity index (χ2n) is 7.77. The zero-order valence-corrected chi connectivity index (χ0v) is 16.7. The van der Waals surface area contributed by atoms with Gasteiger partial charge in [-0.25, -0.2) is 9.07 Å². The first-order valence-corrected chi connectivity index (χ1v) is 10.2. The van der Waals surface area contributed by atoms with Gasteiger partial charge in [0.1, 0.15) is 11.5 Å². The molecule has 0 atom stereocenters. The van der Waals surface area contributed by atoms with Gasteiger partial charge in [0, 0.05) is 19.2 Å². The predicted molar refractivity (Wildman–Crippen MR) is 113 cm³/mol. The number of benzene rings is 2. The summed E-state index contributed by atoms with van der Waals surface area (Å²) in [6.07, 6.45) is 2.92. The van der Waals surface area contributed by atoms with Gasteiger partial charge in [0.05, 0.1) is 6.54 Å². The van der Waals surface area contributed by atoms with Gasteiger partial charge in [-0.05, 0) is 54.5 Å².